The lowest BCUT2D eigenvalue weighted by molar-refractivity contribution is -0.386. The van der Waals surface area contributed by atoms with Crippen molar-refractivity contribution >= 4 is 68.9 Å². The molecule has 0 saturated heterocycles. The van der Waals surface area contributed by atoms with Crippen molar-refractivity contribution in [2.75, 3.05) is 92.7 Å². The molecule has 0 fully saturated rings. The zero-order valence-electron chi connectivity index (χ0n) is 54.4. The number of methoxy groups -OCH3 is 2. The molecule has 31 heteroatoms. The number of ether oxygens (including phenoxy) is 4. The molecule has 2 aromatic carbocycles. The molecule has 4 atom stereocenters. The second kappa shape index (κ2) is 38.7. The number of aromatic nitrogens is 1. The highest BCUT2D eigenvalue weighted by Gasteiger charge is 2.34. The Morgan fingerprint density at radius 2 is 1.51 bits per heavy atom. The number of nitrogens with one attached hydrogen (secondary N) is 5. The summed E-state index contributed by atoms with van der Waals surface area (Å²) in [5, 5.41) is 35.3. The van der Waals surface area contributed by atoms with Gasteiger partial charge in [-0.25, -0.2) is 4.79 Å². The van der Waals surface area contributed by atoms with Gasteiger partial charge in [-0.3, -0.25) is 43.7 Å². The largest absolute Gasteiger partial charge is 0.508 e. The highest BCUT2D eigenvalue weighted by Crippen LogP contribution is 2.39. The number of aryl methyl sites for hydroxylation is 1. The van der Waals surface area contributed by atoms with Gasteiger partial charge in [-0.1, -0.05) is 68.3 Å². The van der Waals surface area contributed by atoms with Crippen LogP contribution < -0.4 is 36.1 Å². The number of nitro groups is 1. The number of allylic oxidation sites excluding steroid dienone is 4. The lowest BCUT2D eigenvalue weighted by Crippen LogP contribution is -2.62. The van der Waals surface area contributed by atoms with E-state index in [2.05, 4.69) is 42.8 Å². The molecule has 0 aliphatic heterocycles. The van der Waals surface area contributed by atoms with Gasteiger partial charge in [0.05, 0.1) is 49.6 Å². The fraction of sp³-hybridized carbons (Fsp3) is 0.557. The topological polar surface area (TPSA) is 366 Å². The normalized spacial score (nSPS) is 13.7. The molecule has 8 N–H and O–H groups in total. The Balaban J connectivity index is 1.55. The van der Waals surface area contributed by atoms with Gasteiger partial charge in [0.2, 0.25) is 23.6 Å². The number of nitro benzene ring substituents is 1. The third-order valence-electron chi connectivity index (χ3n) is 14.5. The lowest BCUT2D eigenvalue weighted by Gasteiger charge is -2.30. The van der Waals surface area contributed by atoms with Crippen molar-refractivity contribution in [3.8, 4) is 22.8 Å². The van der Waals surface area contributed by atoms with Crippen molar-refractivity contribution in [2.24, 2.45) is 0 Å². The molecule has 0 spiro atoms. The van der Waals surface area contributed by atoms with Gasteiger partial charge in [0, 0.05) is 37.3 Å². The van der Waals surface area contributed by atoms with Crippen molar-refractivity contribution in [3.63, 3.8) is 0 Å². The zero-order valence-corrected chi connectivity index (χ0v) is 56.0. The third-order valence-corrected chi connectivity index (χ3v) is 16.0. The highest BCUT2D eigenvalue weighted by atomic mass is 32.2. The minimum atomic E-state index is -4.90. The first-order chi connectivity index (χ1) is 43.2. The molecule has 1 aromatic heterocycles. The molecule has 92 heavy (non-hydrogen) atoms. The maximum atomic E-state index is 15.7. The fourth-order valence-electron chi connectivity index (χ4n) is 9.72. The molecular weight excluding hydrogens is 1240 g/mol. The standard InChI is InChI=1S/C61H93BFN9O18S2/c1-12-13-21-46(43(3)35-51-47(24-20-30-69(7)8)36-52(71(51)62(6)63)45-22-16-14-17-23-45)34-42(2)26-27-57(74)67-49(39-91(81,82)83)58(75)66-41-61(5,78)68-50(40-92(84,85)86)59(76)65-28-32-70(9)31-19-15-18-25-56(73)64-29-33-89-55-38-53(72(79)80)48(37-54(55)87-10)44(4)90-60(77)88-11/h14,16-17,22-23,34-38,44,49-50,68,78H,2,12-13,15,18-21,24-33,39-41H2,1,3-11H3,(H,64,73)(H,65,76)(H,66,75)(H,67,74)(H,81,82,83)(H,84,85,86)/b43-35+,46-34-. The van der Waals surface area contributed by atoms with E-state index in [1.54, 1.807) is 11.5 Å². The van der Waals surface area contributed by atoms with Crippen LogP contribution in [-0.4, -0.2) is 198 Å². The molecule has 0 bridgehead atoms. The Kier molecular flexibility index (Phi) is 33.2. The SMILES string of the molecule is C=C(/C=C(CCCC)\C(C)=C\c1c(CCCN(C)C)cc(-c2ccccc2)n1B(C)F)CCC(=O)NC(CS(=O)(=O)O)C(=O)NCC(C)(O)NC(CS(=O)(=O)O)C(=O)NCCN(C)CCCCCC(=O)NCCOc1cc([N+](=O)[O-])c(C(C)OC(=O)OC)cc1OC. The summed E-state index contributed by atoms with van der Waals surface area (Å²) in [6.07, 6.45) is 7.42. The number of aliphatic hydroxyl groups is 1. The zero-order chi connectivity index (χ0) is 68.9. The summed E-state index contributed by atoms with van der Waals surface area (Å²) in [5.41, 5.74) is 3.00. The van der Waals surface area contributed by atoms with E-state index < -0.39 is 98.1 Å². The minimum absolute atomic E-state index is 0.0169. The number of rotatable bonds is 43. The van der Waals surface area contributed by atoms with Gasteiger partial charge in [0.25, 0.3) is 25.9 Å². The molecule has 3 aromatic rings. The Hall–Kier alpha value is -7.26. The maximum absolute atomic E-state index is 15.7. The maximum Gasteiger partial charge on any atom is 0.508 e. The van der Waals surface area contributed by atoms with Crippen LogP contribution in [0.15, 0.2) is 77.9 Å². The first-order valence-corrected chi connectivity index (χ1v) is 33.5. The Morgan fingerprint density at radius 1 is 0.848 bits per heavy atom. The molecule has 512 valence electrons. The number of amides is 4. The van der Waals surface area contributed by atoms with Crippen LogP contribution in [0.2, 0.25) is 6.82 Å². The van der Waals surface area contributed by atoms with Gasteiger partial charge >= 0.3 is 13.3 Å². The Morgan fingerprint density at radius 3 is 2.12 bits per heavy atom. The predicted molar refractivity (Wildman–Crippen MR) is 349 cm³/mol. The molecule has 3 rings (SSSR count). The number of carbonyl (C=O) groups is 5. The van der Waals surface area contributed by atoms with Crippen LogP contribution >= 0.6 is 0 Å². The molecule has 0 radical (unpaired) electrons. The molecule has 0 aliphatic carbocycles. The first-order valence-electron chi connectivity index (χ1n) is 30.3. The van der Waals surface area contributed by atoms with E-state index in [-0.39, 0.29) is 74.2 Å². The first kappa shape index (κ1) is 79.0. The predicted octanol–water partition coefficient (Wildman–Crippen LogP) is 6.05. The van der Waals surface area contributed by atoms with Crippen molar-refractivity contribution in [2.45, 2.75) is 129 Å². The van der Waals surface area contributed by atoms with E-state index in [1.165, 1.54) is 26.9 Å². The molecule has 0 aliphatic rings. The number of halogens is 1. The highest BCUT2D eigenvalue weighted by molar-refractivity contribution is 7.86. The number of hydrogen-bond acceptors (Lipinski definition) is 19. The molecule has 4 unspecified atom stereocenters. The second-order valence-corrected chi connectivity index (χ2v) is 25.9. The van der Waals surface area contributed by atoms with Gasteiger partial charge in [-0.2, -0.15) is 16.8 Å². The Bertz CT molecular complexity index is 3260. The summed E-state index contributed by atoms with van der Waals surface area (Å²) in [6.45, 7) is 13.0. The second-order valence-electron chi connectivity index (χ2n) is 22.9. The number of nitrogens with zero attached hydrogens (tertiary/aromatic N) is 4. The van der Waals surface area contributed by atoms with Crippen molar-refractivity contribution in [1.82, 2.24) is 40.9 Å². The lowest BCUT2D eigenvalue weighted by atomic mass is 9.89. The molecule has 0 saturated carbocycles. The van der Waals surface area contributed by atoms with Gasteiger partial charge in [0.1, 0.15) is 36.3 Å². The van der Waals surface area contributed by atoms with E-state index in [1.807, 2.05) is 81.4 Å². The van der Waals surface area contributed by atoms with Gasteiger partial charge in [0.15, 0.2) is 11.5 Å². The van der Waals surface area contributed by atoms with Gasteiger partial charge in [-0.05, 0) is 147 Å². The smallest absolute Gasteiger partial charge is 0.493 e. The molecular formula is C61H93BFN9O18S2. The minimum Gasteiger partial charge on any atom is -0.493 e. The summed E-state index contributed by atoms with van der Waals surface area (Å²) in [6, 6.07) is 10.4. The number of likely N-dealkylation sites (N-methyl/N-ethyl adjacent to an activating group) is 1. The number of carbonyl (C=O) groups excluding carboxylic acids is 5. The van der Waals surface area contributed by atoms with Crippen LogP contribution in [0.1, 0.15) is 115 Å². The summed E-state index contributed by atoms with van der Waals surface area (Å²) in [4.78, 5) is 79.4. The van der Waals surface area contributed by atoms with Gasteiger partial charge in [-0.15, -0.1) is 0 Å². The molecule has 1 heterocycles. The van der Waals surface area contributed by atoms with Crippen molar-refractivity contribution < 1.29 is 83.2 Å². The van der Waals surface area contributed by atoms with Crippen LogP contribution in [-0.2, 0) is 55.3 Å². The number of hydrogen-bond donors (Lipinski definition) is 8. The number of benzene rings is 2. The van der Waals surface area contributed by atoms with Crippen LogP contribution in [0.4, 0.5) is 14.8 Å². The van der Waals surface area contributed by atoms with E-state index in [0.717, 1.165) is 79.6 Å². The van der Waals surface area contributed by atoms with E-state index >= 15 is 4.32 Å². The van der Waals surface area contributed by atoms with Crippen molar-refractivity contribution in [3.05, 3.63) is 105 Å². The van der Waals surface area contributed by atoms with E-state index in [0.29, 0.717) is 44.2 Å². The van der Waals surface area contributed by atoms with Crippen LogP contribution in [0, 0.1) is 10.1 Å². The summed E-state index contributed by atoms with van der Waals surface area (Å²) >= 11 is 0. The fourth-order valence-corrected chi connectivity index (χ4v) is 11.0. The van der Waals surface area contributed by atoms with Crippen LogP contribution in [0.25, 0.3) is 17.3 Å². The molecule has 27 nitrogen and oxygen atoms in total. The van der Waals surface area contributed by atoms with Crippen LogP contribution in [0.3, 0.4) is 0 Å². The summed E-state index contributed by atoms with van der Waals surface area (Å²) in [7, 11) is -2.93. The van der Waals surface area contributed by atoms with Gasteiger partial charge < -0.3 is 63.9 Å². The average Bonchev–Trinajstić information content (AvgIpc) is 1.67. The van der Waals surface area contributed by atoms with E-state index in [9.17, 15) is 65.1 Å². The average molecular weight is 1330 g/mol. The summed E-state index contributed by atoms with van der Waals surface area (Å²) in [5.74, 6) is -5.49. The summed E-state index contributed by atoms with van der Waals surface area (Å²) < 4.78 is 106. The third kappa shape index (κ3) is 29.1. The number of unbranched alkanes of at least 4 members (excludes halogenated alkanes) is 3. The monoisotopic (exact) mass is 1330 g/mol. The van der Waals surface area contributed by atoms with Crippen LogP contribution in [0.5, 0.6) is 11.5 Å². The van der Waals surface area contributed by atoms with E-state index in [4.69, 9.17) is 14.2 Å². The molecule has 4 amide bonds. The Labute approximate surface area is 540 Å². The quantitative estimate of drug-likeness (QED) is 0.00467. The van der Waals surface area contributed by atoms with Crippen molar-refractivity contribution in [1.29, 1.82) is 0 Å².